The number of H-pyrrole nitrogens is 1. The summed E-state index contributed by atoms with van der Waals surface area (Å²) in [6, 6.07) is 13.4. The third-order valence-electron chi connectivity index (χ3n) is 6.36. The Morgan fingerprint density at radius 1 is 1.11 bits per heavy atom. The Hall–Kier alpha value is -3.30. The molecule has 192 valence electrons. The van der Waals surface area contributed by atoms with Crippen molar-refractivity contribution in [2.24, 2.45) is 0 Å². The lowest BCUT2D eigenvalue weighted by Crippen LogP contribution is -2.44. The molecule has 8 nitrogen and oxygen atoms in total. The van der Waals surface area contributed by atoms with Gasteiger partial charge in [0.15, 0.2) is 16.6 Å². The van der Waals surface area contributed by atoms with Crippen LogP contribution in [-0.4, -0.2) is 62.1 Å². The number of hydrogen-bond donors (Lipinski definition) is 2. The fourth-order valence-corrected chi connectivity index (χ4v) is 4.64. The summed E-state index contributed by atoms with van der Waals surface area (Å²) in [5.74, 6) is 2.14. The SMILES string of the molecule is COc1ccc2[nH]c(=O)c(CN(C[C@@H]3CCCO3)C(=S)NCCc3ccc(OC)c(OC)c3)cc2c1. The van der Waals surface area contributed by atoms with Crippen molar-refractivity contribution in [3.63, 3.8) is 0 Å². The van der Waals surface area contributed by atoms with Crippen LogP contribution in [0.15, 0.2) is 47.3 Å². The fourth-order valence-electron chi connectivity index (χ4n) is 4.40. The fraction of sp³-hybridized carbons (Fsp3) is 0.407. The van der Waals surface area contributed by atoms with Gasteiger partial charge in [0.1, 0.15) is 5.75 Å². The number of fused-ring (bicyclic) bond motifs is 1. The summed E-state index contributed by atoms with van der Waals surface area (Å²) in [5, 5.41) is 4.87. The van der Waals surface area contributed by atoms with E-state index in [0.717, 1.165) is 48.1 Å². The number of rotatable bonds is 10. The van der Waals surface area contributed by atoms with Gasteiger partial charge in [0.25, 0.3) is 5.56 Å². The van der Waals surface area contributed by atoms with Crippen LogP contribution in [0.2, 0.25) is 0 Å². The highest BCUT2D eigenvalue weighted by Crippen LogP contribution is 2.27. The number of ether oxygens (including phenoxy) is 4. The Labute approximate surface area is 216 Å². The number of aromatic amines is 1. The third kappa shape index (κ3) is 6.27. The second-order valence-electron chi connectivity index (χ2n) is 8.76. The smallest absolute Gasteiger partial charge is 0.253 e. The normalized spacial score (nSPS) is 15.0. The van der Waals surface area contributed by atoms with Gasteiger partial charge in [0.05, 0.1) is 34.0 Å². The summed E-state index contributed by atoms with van der Waals surface area (Å²) in [5.41, 5.74) is 2.38. The van der Waals surface area contributed by atoms with Crippen molar-refractivity contribution in [3.8, 4) is 17.2 Å². The number of pyridine rings is 1. The number of methoxy groups -OCH3 is 3. The van der Waals surface area contributed by atoms with Crippen LogP contribution >= 0.6 is 12.2 Å². The number of thiocarbonyl (C=S) groups is 1. The topological polar surface area (TPSA) is 85.1 Å². The van der Waals surface area contributed by atoms with Gasteiger partial charge in [-0.2, -0.15) is 0 Å². The van der Waals surface area contributed by atoms with Crippen LogP contribution in [0.5, 0.6) is 17.2 Å². The van der Waals surface area contributed by atoms with Crippen LogP contribution in [-0.2, 0) is 17.7 Å². The number of aromatic nitrogens is 1. The van der Waals surface area contributed by atoms with Crippen molar-refractivity contribution in [1.29, 1.82) is 0 Å². The van der Waals surface area contributed by atoms with Crippen molar-refractivity contribution >= 4 is 28.2 Å². The maximum Gasteiger partial charge on any atom is 0.253 e. The maximum atomic E-state index is 12.9. The van der Waals surface area contributed by atoms with Crippen molar-refractivity contribution in [3.05, 3.63) is 63.9 Å². The zero-order valence-electron chi connectivity index (χ0n) is 21.0. The minimum atomic E-state index is -0.127. The molecule has 3 aromatic rings. The van der Waals surface area contributed by atoms with Crippen LogP contribution in [0.3, 0.4) is 0 Å². The first kappa shape index (κ1) is 25.8. The van der Waals surface area contributed by atoms with Crippen molar-refractivity contribution in [1.82, 2.24) is 15.2 Å². The summed E-state index contributed by atoms with van der Waals surface area (Å²) < 4.78 is 21.9. The zero-order valence-corrected chi connectivity index (χ0v) is 21.8. The van der Waals surface area contributed by atoms with E-state index >= 15 is 0 Å². The maximum absolute atomic E-state index is 12.9. The van der Waals surface area contributed by atoms with Crippen LogP contribution in [0, 0.1) is 0 Å². The molecule has 2 aromatic carbocycles. The number of nitrogens with zero attached hydrogens (tertiary/aromatic N) is 1. The first-order valence-electron chi connectivity index (χ1n) is 12.1. The van der Waals surface area contributed by atoms with E-state index in [9.17, 15) is 4.79 Å². The average Bonchev–Trinajstić information content (AvgIpc) is 3.41. The molecular formula is C27H33N3O5S. The van der Waals surface area contributed by atoms with E-state index in [-0.39, 0.29) is 11.7 Å². The summed E-state index contributed by atoms with van der Waals surface area (Å²) in [4.78, 5) is 17.9. The van der Waals surface area contributed by atoms with Crippen LogP contribution in [0.1, 0.15) is 24.0 Å². The molecular weight excluding hydrogens is 478 g/mol. The largest absolute Gasteiger partial charge is 0.497 e. The highest BCUT2D eigenvalue weighted by molar-refractivity contribution is 7.80. The molecule has 0 spiro atoms. The molecule has 4 rings (SSSR count). The van der Waals surface area contributed by atoms with Gasteiger partial charge >= 0.3 is 0 Å². The molecule has 0 aliphatic carbocycles. The van der Waals surface area contributed by atoms with E-state index in [1.165, 1.54) is 0 Å². The molecule has 2 heterocycles. The minimum absolute atomic E-state index is 0.0928. The van der Waals surface area contributed by atoms with Gasteiger partial charge in [-0.1, -0.05) is 6.07 Å². The molecule has 2 N–H and O–H groups in total. The summed E-state index contributed by atoms with van der Waals surface area (Å²) in [6.07, 6.45) is 2.87. The van der Waals surface area contributed by atoms with Gasteiger partial charge in [-0.3, -0.25) is 4.79 Å². The summed E-state index contributed by atoms with van der Waals surface area (Å²) in [6.45, 7) is 2.40. The Morgan fingerprint density at radius 3 is 2.67 bits per heavy atom. The molecule has 1 saturated heterocycles. The van der Waals surface area contributed by atoms with Crippen molar-refractivity contribution in [2.75, 3.05) is 41.0 Å². The predicted octanol–water partition coefficient (Wildman–Crippen LogP) is 3.65. The summed E-state index contributed by atoms with van der Waals surface area (Å²) >= 11 is 5.77. The Kier molecular flexibility index (Phi) is 8.66. The van der Waals surface area contributed by atoms with Gasteiger partial charge in [-0.05, 0) is 73.4 Å². The van der Waals surface area contributed by atoms with Gasteiger partial charge < -0.3 is 34.1 Å². The minimum Gasteiger partial charge on any atom is -0.497 e. The Balaban J connectivity index is 1.47. The van der Waals surface area contributed by atoms with Crippen molar-refractivity contribution < 1.29 is 18.9 Å². The van der Waals surface area contributed by atoms with E-state index in [4.69, 9.17) is 31.2 Å². The molecule has 0 radical (unpaired) electrons. The lowest BCUT2D eigenvalue weighted by atomic mass is 10.1. The molecule has 0 bridgehead atoms. The molecule has 1 aromatic heterocycles. The number of nitrogens with one attached hydrogen (secondary N) is 2. The standard InChI is InChI=1S/C27H33N3O5S/c1-32-21-7-8-23-19(15-21)14-20(26(31)29-23)16-30(17-22-5-4-12-35-22)27(36)28-11-10-18-6-9-24(33-2)25(13-18)34-3/h6-9,13-15,22H,4-5,10-12,16-17H2,1-3H3,(H,28,36)(H,29,31)/t22-/m0/s1. The van der Waals surface area contributed by atoms with E-state index in [0.29, 0.717) is 41.8 Å². The zero-order chi connectivity index (χ0) is 25.5. The van der Waals surface area contributed by atoms with E-state index in [1.807, 2.05) is 47.4 Å². The van der Waals surface area contributed by atoms with Crippen LogP contribution in [0.4, 0.5) is 0 Å². The second kappa shape index (κ2) is 12.1. The van der Waals surface area contributed by atoms with Crippen molar-refractivity contribution in [2.45, 2.75) is 31.9 Å². The van der Waals surface area contributed by atoms with Crippen LogP contribution in [0.25, 0.3) is 10.9 Å². The molecule has 1 fully saturated rings. The monoisotopic (exact) mass is 511 g/mol. The average molecular weight is 512 g/mol. The van der Waals surface area contributed by atoms with Gasteiger partial charge in [0.2, 0.25) is 0 Å². The second-order valence-corrected chi connectivity index (χ2v) is 9.15. The highest BCUT2D eigenvalue weighted by atomic mass is 32.1. The molecule has 9 heteroatoms. The number of hydrogen-bond acceptors (Lipinski definition) is 6. The summed E-state index contributed by atoms with van der Waals surface area (Å²) in [7, 11) is 4.88. The quantitative estimate of drug-likeness (QED) is 0.399. The lowest BCUT2D eigenvalue weighted by molar-refractivity contribution is 0.0897. The lowest BCUT2D eigenvalue weighted by Gasteiger charge is -2.28. The molecule has 0 unspecified atom stereocenters. The van der Waals surface area contributed by atoms with Gasteiger partial charge in [-0.15, -0.1) is 0 Å². The molecule has 1 atom stereocenters. The van der Waals surface area contributed by atoms with E-state index in [2.05, 4.69) is 10.3 Å². The Morgan fingerprint density at radius 2 is 1.94 bits per heavy atom. The van der Waals surface area contributed by atoms with Crippen LogP contribution < -0.4 is 25.1 Å². The van der Waals surface area contributed by atoms with E-state index in [1.54, 1.807) is 21.3 Å². The predicted molar refractivity (Wildman–Crippen MR) is 144 cm³/mol. The molecule has 0 amide bonds. The molecule has 0 saturated carbocycles. The van der Waals surface area contributed by atoms with Gasteiger partial charge in [-0.25, -0.2) is 0 Å². The third-order valence-corrected chi connectivity index (χ3v) is 6.77. The first-order valence-corrected chi connectivity index (χ1v) is 12.5. The molecule has 1 aliphatic rings. The first-order chi connectivity index (χ1) is 17.5. The number of benzene rings is 2. The highest BCUT2D eigenvalue weighted by Gasteiger charge is 2.22. The van der Waals surface area contributed by atoms with Gasteiger partial charge in [0, 0.05) is 36.2 Å². The Bertz CT molecular complexity index is 1260. The van der Waals surface area contributed by atoms with E-state index < -0.39 is 0 Å². The molecule has 1 aliphatic heterocycles. The molecule has 36 heavy (non-hydrogen) atoms.